The molecule has 0 saturated heterocycles. The van der Waals surface area contributed by atoms with E-state index in [4.69, 9.17) is 5.73 Å². The minimum atomic E-state index is -1.22. The molecular weight excluding hydrogens is 292 g/mol. The maximum absolute atomic E-state index is 11.8. The minimum Gasteiger partial charge on any atom is -0.390 e. The standard InChI is InChI=1S/C13H22N4O5/c1-2-3-15-13(22)17-8-4-7(5-9(18)11(8)20)12(21)16-6-10(14)19/h4,8-9,11,18,20H,2-3,5-6H2,1H3,(H2,14,19)(H,16,21)(H2,15,17,22). The van der Waals surface area contributed by atoms with Gasteiger partial charge in [-0.2, -0.15) is 0 Å². The number of urea groups is 1. The Kier molecular flexibility index (Phi) is 6.80. The largest absolute Gasteiger partial charge is 0.390 e. The van der Waals surface area contributed by atoms with Gasteiger partial charge in [-0.1, -0.05) is 13.0 Å². The fraction of sp³-hybridized carbons (Fsp3) is 0.615. The Balaban J connectivity index is 2.72. The average Bonchev–Trinajstić information content (AvgIpc) is 2.46. The highest BCUT2D eigenvalue weighted by Crippen LogP contribution is 2.19. The Bertz CT molecular complexity index is 465. The van der Waals surface area contributed by atoms with Crippen LogP contribution in [-0.2, 0) is 9.59 Å². The second kappa shape index (κ2) is 8.35. The first-order chi connectivity index (χ1) is 10.3. The molecule has 7 N–H and O–H groups in total. The van der Waals surface area contributed by atoms with E-state index in [0.29, 0.717) is 6.54 Å². The molecule has 124 valence electrons. The summed E-state index contributed by atoms with van der Waals surface area (Å²) in [5.74, 6) is -1.27. The summed E-state index contributed by atoms with van der Waals surface area (Å²) in [4.78, 5) is 34.1. The Morgan fingerprint density at radius 3 is 2.59 bits per heavy atom. The van der Waals surface area contributed by atoms with Crippen molar-refractivity contribution in [2.75, 3.05) is 13.1 Å². The summed E-state index contributed by atoms with van der Waals surface area (Å²) in [5.41, 5.74) is 5.10. The molecule has 0 spiro atoms. The van der Waals surface area contributed by atoms with Crippen molar-refractivity contribution in [3.05, 3.63) is 11.6 Å². The van der Waals surface area contributed by atoms with Gasteiger partial charge in [0, 0.05) is 18.5 Å². The maximum atomic E-state index is 11.8. The van der Waals surface area contributed by atoms with Crippen LogP contribution < -0.4 is 21.7 Å². The van der Waals surface area contributed by atoms with Gasteiger partial charge in [-0.15, -0.1) is 0 Å². The number of hydrogen-bond donors (Lipinski definition) is 6. The summed E-state index contributed by atoms with van der Waals surface area (Å²) in [5, 5.41) is 27.0. The van der Waals surface area contributed by atoms with Crippen LogP contribution in [0.2, 0.25) is 0 Å². The van der Waals surface area contributed by atoms with Crippen LogP contribution in [0.25, 0.3) is 0 Å². The van der Waals surface area contributed by atoms with E-state index in [2.05, 4.69) is 16.0 Å². The van der Waals surface area contributed by atoms with Crippen molar-refractivity contribution in [3.8, 4) is 0 Å². The summed E-state index contributed by atoms with van der Waals surface area (Å²) in [6.07, 6.45) is -0.393. The molecule has 0 radical (unpaired) electrons. The molecule has 0 aromatic carbocycles. The smallest absolute Gasteiger partial charge is 0.315 e. The van der Waals surface area contributed by atoms with Crippen LogP contribution in [0.3, 0.4) is 0 Å². The van der Waals surface area contributed by atoms with E-state index in [1.54, 1.807) is 0 Å². The molecule has 22 heavy (non-hydrogen) atoms. The first kappa shape index (κ1) is 17.9. The van der Waals surface area contributed by atoms with Crippen molar-refractivity contribution < 1.29 is 24.6 Å². The molecule has 1 aliphatic carbocycles. The van der Waals surface area contributed by atoms with Crippen LogP contribution >= 0.6 is 0 Å². The monoisotopic (exact) mass is 314 g/mol. The van der Waals surface area contributed by atoms with E-state index in [1.807, 2.05) is 6.92 Å². The summed E-state index contributed by atoms with van der Waals surface area (Å²) in [7, 11) is 0. The van der Waals surface area contributed by atoms with Gasteiger partial charge in [0.2, 0.25) is 11.8 Å². The normalized spacial score (nSPS) is 24.1. The van der Waals surface area contributed by atoms with Gasteiger partial charge < -0.3 is 31.9 Å². The molecule has 3 atom stereocenters. The van der Waals surface area contributed by atoms with Gasteiger partial charge in [-0.25, -0.2) is 4.79 Å². The van der Waals surface area contributed by atoms with Crippen molar-refractivity contribution in [1.29, 1.82) is 0 Å². The molecule has 4 amide bonds. The third-order valence-electron chi connectivity index (χ3n) is 3.12. The van der Waals surface area contributed by atoms with Gasteiger partial charge >= 0.3 is 6.03 Å². The van der Waals surface area contributed by atoms with Crippen LogP contribution in [0.1, 0.15) is 19.8 Å². The molecule has 0 heterocycles. The molecule has 0 fully saturated rings. The summed E-state index contributed by atoms with van der Waals surface area (Å²) >= 11 is 0. The number of primary amides is 1. The van der Waals surface area contributed by atoms with Crippen molar-refractivity contribution in [3.63, 3.8) is 0 Å². The lowest BCUT2D eigenvalue weighted by Gasteiger charge is -2.31. The number of hydrogen-bond acceptors (Lipinski definition) is 5. The highest BCUT2D eigenvalue weighted by molar-refractivity contribution is 5.96. The third kappa shape index (κ3) is 5.34. The van der Waals surface area contributed by atoms with Crippen LogP contribution in [0.15, 0.2) is 11.6 Å². The van der Waals surface area contributed by atoms with Gasteiger partial charge in [-0.05, 0) is 6.42 Å². The van der Waals surface area contributed by atoms with E-state index in [9.17, 15) is 24.6 Å². The molecule has 0 aromatic heterocycles. The highest BCUT2D eigenvalue weighted by atomic mass is 16.3. The summed E-state index contributed by atoms with van der Waals surface area (Å²) in [6.45, 7) is 2.03. The molecule has 9 heteroatoms. The second-order valence-electron chi connectivity index (χ2n) is 5.03. The molecule has 1 aliphatic rings. The van der Waals surface area contributed by atoms with Gasteiger partial charge in [0.25, 0.3) is 0 Å². The topological polar surface area (TPSA) is 154 Å². The Morgan fingerprint density at radius 1 is 1.32 bits per heavy atom. The fourth-order valence-electron chi connectivity index (χ4n) is 1.99. The molecule has 0 aliphatic heterocycles. The first-order valence-corrected chi connectivity index (χ1v) is 7.02. The molecule has 9 nitrogen and oxygen atoms in total. The molecule has 0 saturated carbocycles. The van der Waals surface area contributed by atoms with Gasteiger partial charge in [0.1, 0.15) is 6.10 Å². The van der Waals surface area contributed by atoms with Crippen LogP contribution in [0.4, 0.5) is 4.79 Å². The Hall–Kier alpha value is -2.13. The lowest BCUT2D eigenvalue weighted by atomic mass is 9.90. The highest BCUT2D eigenvalue weighted by Gasteiger charge is 2.33. The third-order valence-corrected chi connectivity index (χ3v) is 3.12. The molecule has 0 bridgehead atoms. The zero-order valence-electron chi connectivity index (χ0n) is 12.3. The van der Waals surface area contributed by atoms with Crippen LogP contribution in [0, 0.1) is 0 Å². The molecule has 3 unspecified atom stereocenters. The first-order valence-electron chi connectivity index (χ1n) is 7.02. The SMILES string of the molecule is CCCNC(=O)NC1C=C(C(=O)NCC(N)=O)CC(O)C1O. The predicted molar refractivity (Wildman–Crippen MR) is 77.5 cm³/mol. The number of rotatable bonds is 6. The predicted octanol–water partition coefficient (Wildman–Crippen LogP) is -2.28. The van der Waals surface area contributed by atoms with Gasteiger partial charge in [0.15, 0.2) is 0 Å². The number of aliphatic hydroxyl groups is 2. The van der Waals surface area contributed by atoms with E-state index in [-0.39, 0.29) is 18.5 Å². The Labute approximate surface area is 127 Å². The Morgan fingerprint density at radius 2 is 2.00 bits per heavy atom. The molecule has 0 aromatic rings. The minimum absolute atomic E-state index is 0.0828. The van der Waals surface area contributed by atoms with Crippen molar-refractivity contribution in [1.82, 2.24) is 16.0 Å². The van der Waals surface area contributed by atoms with Crippen molar-refractivity contribution in [2.45, 2.75) is 38.0 Å². The maximum Gasteiger partial charge on any atom is 0.315 e. The second-order valence-corrected chi connectivity index (χ2v) is 5.03. The number of carbonyl (C=O) groups excluding carboxylic acids is 3. The quantitative estimate of drug-likeness (QED) is 0.326. The number of nitrogens with one attached hydrogen (secondary N) is 3. The van der Waals surface area contributed by atoms with Crippen LogP contribution in [0.5, 0.6) is 0 Å². The van der Waals surface area contributed by atoms with E-state index < -0.39 is 36.1 Å². The lowest BCUT2D eigenvalue weighted by molar-refractivity contribution is -0.123. The number of nitrogens with two attached hydrogens (primary N) is 1. The fourth-order valence-corrected chi connectivity index (χ4v) is 1.99. The number of aliphatic hydroxyl groups excluding tert-OH is 2. The van der Waals surface area contributed by atoms with Gasteiger partial charge in [-0.3, -0.25) is 9.59 Å². The average molecular weight is 314 g/mol. The van der Waals surface area contributed by atoms with Crippen molar-refractivity contribution in [2.24, 2.45) is 5.73 Å². The van der Waals surface area contributed by atoms with Gasteiger partial charge in [0.05, 0.1) is 18.7 Å². The lowest BCUT2D eigenvalue weighted by Crippen LogP contribution is -2.53. The van der Waals surface area contributed by atoms with Crippen LogP contribution in [-0.4, -0.2) is 59.4 Å². The zero-order valence-corrected chi connectivity index (χ0v) is 12.3. The van der Waals surface area contributed by atoms with E-state index in [0.717, 1.165) is 6.42 Å². The molecular formula is C13H22N4O5. The summed E-state index contributed by atoms with van der Waals surface area (Å²) in [6, 6.07) is -1.41. The number of carbonyl (C=O) groups is 3. The zero-order chi connectivity index (χ0) is 16.7. The van der Waals surface area contributed by atoms with Crippen molar-refractivity contribution >= 4 is 17.8 Å². The summed E-state index contributed by atoms with van der Waals surface area (Å²) < 4.78 is 0. The molecule has 1 rings (SSSR count). The number of amides is 4. The van der Waals surface area contributed by atoms with E-state index >= 15 is 0 Å². The van der Waals surface area contributed by atoms with E-state index in [1.165, 1.54) is 6.08 Å².